The second-order valence-electron chi connectivity index (χ2n) is 2.34. The number of aliphatic hydroxyl groups is 1. The third kappa shape index (κ3) is 2.01. The molecule has 5 heteroatoms. The highest BCUT2D eigenvalue weighted by Crippen LogP contribution is 1.95. The molecule has 0 fully saturated rings. The minimum Gasteiger partial charge on any atom is -0.396 e. The zero-order valence-corrected chi connectivity index (χ0v) is 6.08. The summed E-state index contributed by atoms with van der Waals surface area (Å²) in [5.74, 6) is -0.100. The monoisotopic (exact) mass is 158 g/mol. The number of carbonyl (C=O) groups excluding carboxylic acids is 1. The number of carbonyl (C=O) groups is 1. The van der Waals surface area contributed by atoms with Crippen molar-refractivity contribution in [3.63, 3.8) is 0 Å². The number of Topliss-reactive ketones (excluding diaryl/α,β-unsaturated/α-hetero) is 1. The molecule has 1 heterocycles. The number of ketones is 1. The summed E-state index contributed by atoms with van der Waals surface area (Å²) >= 11 is 0. The normalized spacial score (nSPS) is 22.7. The first-order chi connectivity index (χ1) is 5.24. The van der Waals surface area contributed by atoms with Gasteiger partial charge >= 0.3 is 0 Å². The first-order valence-corrected chi connectivity index (χ1v) is 3.45. The Kier molecular flexibility index (Phi) is 2.58. The maximum Gasteiger partial charge on any atom is 0.219 e. The summed E-state index contributed by atoms with van der Waals surface area (Å²) in [6, 6.07) is 0. The van der Waals surface area contributed by atoms with E-state index < -0.39 is 0 Å². The van der Waals surface area contributed by atoms with Crippen LogP contribution in [0.25, 0.3) is 0 Å². The van der Waals surface area contributed by atoms with Crippen LogP contribution in [-0.4, -0.2) is 23.8 Å². The summed E-state index contributed by atoms with van der Waals surface area (Å²) in [5.41, 5.74) is 5.92. The van der Waals surface area contributed by atoms with Gasteiger partial charge in [0.25, 0.3) is 0 Å². The molecule has 1 atom stereocenters. The maximum absolute atomic E-state index is 11.0. The number of allylic oxidation sites excluding steroid dienone is 1. The van der Waals surface area contributed by atoms with Crippen LogP contribution >= 0.6 is 0 Å². The predicted octanol–water partition coefficient (Wildman–Crippen LogP) is -2.81. The van der Waals surface area contributed by atoms with E-state index in [0.717, 1.165) is 0 Å². The second-order valence-corrected chi connectivity index (χ2v) is 2.34. The molecule has 0 bridgehead atoms. The van der Waals surface area contributed by atoms with Crippen LogP contribution in [0.4, 0.5) is 0 Å². The molecule has 0 aromatic heterocycles. The van der Waals surface area contributed by atoms with Gasteiger partial charge in [0.2, 0.25) is 6.29 Å². The van der Waals surface area contributed by atoms with Crippen LogP contribution in [-0.2, 0) is 4.79 Å². The van der Waals surface area contributed by atoms with Crippen molar-refractivity contribution in [1.29, 1.82) is 0 Å². The van der Waals surface area contributed by atoms with Gasteiger partial charge in [-0.3, -0.25) is 15.8 Å². The Morgan fingerprint density at radius 3 is 3.09 bits per heavy atom. The Labute approximate surface area is 64.3 Å². The Balaban J connectivity index is 2.43. The number of nitrogens with two attached hydrogens (primary N) is 2. The van der Waals surface area contributed by atoms with Gasteiger partial charge in [-0.05, 0) is 0 Å². The summed E-state index contributed by atoms with van der Waals surface area (Å²) in [6.07, 6.45) is 1.54. The number of quaternary nitrogens is 1. The average molecular weight is 158 g/mol. The summed E-state index contributed by atoms with van der Waals surface area (Å²) in [7, 11) is 0. The molecule has 11 heavy (non-hydrogen) atoms. The Morgan fingerprint density at radius 2 is 2.64 bits per heavy atom. The fourth-order valence-electron chi connectivity index (χ4n) is 0.885. The molecule has 0 aromatic rings. The molecule has 0 saturated carbocycles. The van der Waals surface area contributed by atoms with Gasteiger partial charge in [-0.1, -0.05) is 0 Å². The van der Waals surface area contributed by atoms with E-state index in [1.54, 1.807) is 11.5 Å². The van der Waals surface area contributed by atoms with Crippen molar-refractivity contribution in [2.45, 2.75) is 12.7 Å². The fraction of sp³-hybridized carbons (Fsp3) is 0.500. The van der Waals surface area contributed by atoms with Crippen molar-refractivity contribution in [3.05, 3.63) is 11.9 Å². The van der Waals surface area contributed by atoms with Crippen LogP contribution in [0.2, 0.25) is 0 Å². The molecule has 0 amide bonds. The zero-order chi connectivity index (χ0) is 8.27. The van der Waals surface area contributed by atoms with E-state index in [1.807, 2.05) is 0 Å². The van der Waals surface area contributed by atoms with Gasteiger partial charge in [-0.15, -0.1) is 0 Å². The molecule has 0 spiro atoms. The van der Waals surface area contributed by atoms with Gasteiger partial charge < -0.3 is 10.4 Å². The number of hydrogen-bond acceptors (Lipinski definition) is 4. The third-order valence-electron chi connectivity index (χ3n) is 1.43. The smallest absolute Gasteiger partial charge is 0.219 e. The van der Waals surface area contributed by atoms with Gasteiger partial charge in [0.1, 0.15) is 11.9 Å². The maximum atomic E-state index is 11.0. The zero-order valence-electron chi connectivity index (χ0n) is 6.08. The van der Waals surface area contributed by atoms with Gasteiger partial charge in [-0.25, -0.2) is 0 Å². The summed E-state index contributed by atoms with van der Waals surface area (Å²) in [5, 5.41) is 12.9. The third-order valence-corrected chi connectivity index (χ3v) is 1.43. The number of hydrogen-bond donors (Lipinski definition) is 4. The molecule has 1 unspecified atom stereocenters. The Hall–Kier alpha value is -0.910. The van der Waals surface area contributed by atoms with E-state index in [1.165, 1.54) is 0 Å². The summed E-state index contributed by atoms with van der Waals surface area (Å²) in [6.45, 7) is -0.118. The van der Waals surface area contributed by atoms with Crippen LogP contribution in [0, 0.1) is 0 Å². The average Bonchev–Trinajstić information content (AvgIpc) is 2.36. The van der Waals surface area contributed by atoms with Crippen molar-refractivity contribution in [3.8, 4) is 0 Å². The van der Waals surface area contributed by atoms with Crippen LogP contribution in [0.1, 0.15) is 6.42 Å². The van der Waals surface area contributed by atoms with Crippen molar-refractivity contribution >= 4 is 5.78 Å². The number of aliphatic hydroxyl groups excluding tert-OH is 1. The number of nitrogens with one attached hydrogen (secondary N) is 1. The molecule has 1 aliphatic heterocycles. The lowest BCUT2D eigenvalue weighted by Crippen LogP contribution is -2.88. The molecule has 5 nitrogen and oxygen atoms in total. The quantitative estimate of drug-likeness (QED) is 0.357. The fourth-order valence-corrected chi connectivity index (χ4v) is 0.885. The van der Waals surface area contributed by atoms with Crippen LogP contribution in [0.3, 0.4) is 0 Å². The minimum atomic E-state index is -0.257. The first-order valence-electron chi connectivity index (χ1n) is 3.45. The summed E-state index contributed by atoms with van der Waals surface area (Å²) < 4.78 is 0. The second kappa shape index (κ2) is 3.47. The first kappa shape index (κ1) is 8.19. The molecule has 0 radical (unpaired) electrons. The highest BCUT2D eigenvalue weighted by Gasteiger charge is 2.19. The van der Waals surface area contributed by atoms with E-state index in [9.17, 15) is 4.79 Å². The largest absolute Gasteiger partial charge is 0.396 e. The molecule has 6 N–H and O–H groups in total. The lowest BCUT2D eigenvalue weighted by Gasteiger charge is -2.01. The Morgan fingerprint density at radius 1 is 1.91 bits per heavy atom. The van der Waals surface area contributed by atoms with Crippen molar-refractivity contribution in [1.82, 2.24) is 5.32 Å². The highest BCUT2D eigenvalue weighted by atomic mass is 16.3. The van der Waals surface area contributed by atoms with Gasteiger partial charge in [0, 0.05) is 6.42 Å². The predicted molar refractivity (Wildman–Crippen MR) is 37.8 cm³/mol. The molecule has 1 aliphatic rings. The molecule has 0 saturated heterocycles. The van der Waals surface area contributed by atoms with Crippen LogP contribution in [0.15, 0.2) is 11.9 Å². The molecule has 1 rings (SSSR count). The molecular weight excluding hydrogens is 146 g/mol. The minimum absolute atomic E-state index is 0.100. The SMILES string of the molecule is NC1NC(C(=O)CCO)=C[NH2+]1. The molecule has 0 aromatic carbocycles. The Bertz CT molecular complexity index is 190. The van der Waals surface area contributed by atoms with Gasteiger partial charge in [-0.2, -0.15) is 0 Å². The van der Waals surface area contributed by atoms with E-state index in [4.69, 9.17) is 10.8 Å². The topological polar surface area (TPSA) is 92.0 Å². The van der Waals surface area contributed by atoms with Crippen molar-refractivity contribution in [2.24, 2.45) is 5.73 Å². The standard InChI is InChI=1S/C6H11N3O2/c7-6-8-3-4(9-6)5(11)1-2-10/h3,6,8-10H,1-2,7H2/p+1. The van der Waals surface area contributed by atoms with E-state index >= 15 is 0 Å². The summed E-state index contributed by atoms with van der Waals surface area (Å²) in [4.78, 5) is 11.0. The van der Waals surface area contributed by atoms with E-state index in [2.05, 4.69) is 5.32 Å². The molecular formula is C6H12N3O2+. The van der Waals surface area contributed by atoms with Crippen molar-refractivity contribution in [2.75, 3.05) is 6.61 Å². The lowest BCUT2D eigenvalue weighted by atomic mass is 10.2. The molecule has 62 valence electrons. The van der Waals surface area contributed by atoms with Gasteiger partial charge in [0.15, 0.2) is 5.78 Å². The van der Waals surface area contributed by atoms with Gasteiger partial charge in [0.05, 0.1) is 6.61 Å². The number of rotatable bonds is 3. The highest BCUT2D eigenvalue weighted by molar-refractivity contribution is 5.94. The van der Waals surface area contributed by atoms with Crippen LogP contribution < -0.4 is 16.4 Å². The molecule has 0 aliphatic carbocycles. The van der Waals surface area contributed by atoms with Crippen LogP contribution in [0.5, 0.6) is 0 Å². The van der Waals surface area contributed by atoms with E-state index in [0.29, 0.717) is 5.70 Å². The van der Waals surface area contributed by atoms with E-state index in [-0.39, 0.29) is 25.1 Å². The van der Waals surface area contributed by atoms with Crippen molar-refractivity contribution < 1.29 is 15.2 Å². The lowest BCUT2D eigenvalue weighted by molar-refractivity contribution is -0.620.